The van der Waals surface area contributed by atoms with E-state index in [4.69, 9.17) is 15.0 Å². The highest BCUT2D eigenvalue weighted by atomic mass is 16.5. The van der Waals surface area contributed by atoms with E-state index in [0.717, 1.165) is 57.2 Å². The van der Waals surface area contributed by atoms with Gasteiger partial charge >= 0.3 is 0 Å². The van der Waals surface area contributed by atoms with Gasteiger partial charge in [-0.3, -0.25) is 0 Å². The molecule has 0 spiro atoms. The van der Waals surface area contributed by atoms with Crippen molar-refractivity contribution >= 4 is 0 Å². The van der Waals surface area contributed by atoms with E-state index >= 15 is 0 Å². The van der Waals surface area contributed by atoms with Gasteiger partial charge in [-0.25, -0.2) is 0 Å². The topological polar surface area (TPSA) is 74.2 Å². The third kappa shape index (κ3) is 3.53. The van der Waals surface area contributed by atoms with Crippen LogP contribution in [0.15, 0.2) is 4.52 Å². The summed E-state index contributed by atoms with van der Waals surface area (Å²) >= 11 is 0. The molecule has 0 amide bonds. The van der Waals surface area contributed by atoms with Crippen LogP contribution in [0.25, 0.3) is 0 Å². The maximum absolute atomic E-state index is 5.61. The molecule has 18 heavy (non-hydrogen) atoms. The molecule has 0 saturated carbocycles. The Labute approximate surface area is 108 Å². The van der Waals surface area contributed by atoms with Gasteiger partial charge in [0.05, 0.1) is 6.61 Å². The number of ether oxygens (including phenoxy) is 1. The van der Waals surface area contributed by atoms with Gasteiger partial charge in [0.1, 0.15) is 0 Å². The van der Waals surface area contributed by atoms with E-state index < -0.39 is 0 Å². The highest BCUT2D eigenvalue weighted by Crippen LogP contribution is 2.27. The summed E-state index contributed by atoms with van der Waals surface area (Å²) in [5.41, 5.74) is 5.84. The van der Waals surface area contributed by atoms with Crippen LogP contribution >= 0.6 is 0 Å². The first-order valence-corrected chi connectivity index (χ1v) is 6.71. The molecule has 1 unspecified atom stereocenters. The molecule has 1 saturated heterocycles. The Balaban J connectivity index is 1.86. The van der Waals surface area contributed by atoms with Crippen LogP contribution in [0.2, 0.25) is 0 Å². The van der Waals surface area contributed by atoms with Crippen molar-refractivity contribution in [1.29, 1.82) is 0 Å². The van der Waals surface area contributed by atoms with Gasteiger partial charge in [-0.15, -0.1) is 0 Å². The Morgan fingerprint density at radius 3 is 2.89 bits per heavy atom. The predicted molar refractivity (Wildman–Crippen MR) is 68.2 cm³/mol. The zero-order chi connectivity index (χ0) is 13.0. The van der Waals surface area contributed by atoms with Crippen molar-refractivity contribution in [3.8, 4) is 0 Å². The van der Waals surface area contributed by atoms with Crippen LogP contribution in [-0.2, 0) is 11.2 Å². The second-order valence-electron chi connectivity index (χ2n) is 5.81. The number of nitrogens with two attached hydrogens (primary N) is 1. The van der Waals surface area contributed by atoms with E-state index in [2.05, 4.69) is 24.0 Å². The molecule has 0 radical (unpaired) electrons. The highest BCUT2D eigenvalue weighted by molar-refractivity contribution is 4.97. The van der Waals surface area contributed by atoms with Gasteiger partial charge in [0, 0.05) is 18.9 Å². The quantitative estimate of drug-likeness (QED) is 0.838. The van der Waals surface area contributed by atoms with Crippen molar-refractivity contribution in [3.63, 3.8) is 0 Å². The average Bonchev–Trinajstić information content (AvgIpc) is 2.97. The summed E-state index contributed by atoms with van der Waals surface area (Å²) in [6.07, 6.45) is 3.86. The molecule has 1 aliphatic heterocycles. The van der Waals surface area contributed by atoms with Crippen molar-refractivity contribution in [1.82, 2.24) is 10.1 Å². The molecule has 0 aromatic carbocycles. The number of aryl methyl sites for hydroxylation is 1. The van der Waals surface area contributed by atoms with E-state index in [1.165, 1.54) is 0 Å². The molecule has 1 fully saturated rings. The summed E-state index contributed by atoms with van der Waals surface area (Å²) in [4.78, 5) is 4.47. The normalized spacial score (nSPS) is 20.5. The Hall–Kier alpha value is -0.940. The van der Waals surface area contributed by atoms with Crippen LogP contribution in [0, 0.1) is 5.41 Å². The second kappa shape index (κ2) is 5.80. The maximum atomic E-state index is 5.61. The van der Waals surface area contributed by atoms with Crippen molar-refractivity contribution in [2.75, 3.05) is 19.8 Å². The lowest BCUT2D eigenvalue weighted by atomic mass is 9.84. The number of nitrogens with zero attached hydrogens (tertiary/aromatic N) is 2. The molecule has 1 atom stereocenters. The average molecular weight is 253 g/mol. The highest BCUT2D eigenvalue weighted by Gasteiger charge is 2.24. The van der Waals surface area contributed by atoms with Crippen molar-refractivity contribution in [2.24, 2.45) is 11.1 Å². The summed E-state index contributed by atoms with van der Waals surface area (Å²) in [7, 11) is 0. The minimum Gasteiger partial charge on any atom is -0.381 e. The molecule has 1 aromatic heterocycles. The number of rotatable bonds is 6. The van der Waals surface area contributed by atoms with Crippen LogP contribution in [0.4, 0.5) is 0 Å². The minimum absolute atomic E-state index is 0.236. The molecule has 0 bridgehead atoms. The fourth-order valence-electron chi connectivity index (χ4n) is 2.23. The van der Waals surface area contributed by atoms with Crippen molar-refractivity contribution in [3.05, 3.63) is 11.7 Å². The molecular formula is C13H23N3O2. The zero-order valence-corrected chi connectivity index (χ0v) is 11.3. The lowest BCUT2D eigenvalue weighted by molar-refractivity contribution is 0.192. The first kappa shape index (κ1) is 13.5. The first-order valence-electron chi connectivity index (χ1n) is 6.71. The standard InChI is InChI=1S/C13H23N3O2/c1-13(2,6-7-14)5-3-11-15-12(16-18-11)10-4-8-17-9-10/h10H,3-9,14H2,1-2H3. The third-order valence-electron chi connectivity index (χ3n) is 3.62. The molecule has 2 rings (SSSR count). The molecule has 5 nitrogen and oxygen atoms in total. The van der Waals surface area contributed by atoms with Crippen LogP contribution in [0.1, 0.15) is 50.7 Å². The molecule has 5 heteroatoms. The summed E-state index contributed by atoms with van der Waals surface area (Å²) in [6, 6.07) is 0. The molecule has 1 aliphatic rings. The monoisotopic (exact) mass is 253 g/mol. The Morgan fingerprint density at radius 2 is 2.22 bits per heavy atom. The summed E-state index contributed by atoms with van der Waals surface area (Å²) < 4.78 is 10.6. The molecular weight excluding hydrogens is 230 g/mol. The SMILES string of the molecule is CC(C)(CCN)CCc1nc(C2CCOC2)no1. The van der Waals surface area contributed by atoms with Crippen molar-refractivity contribution in [2.45, 2.75) is 45.4 Å². The molecule has 2 heterocycles. The lowest BCUT2D eigenvalue weighted by Crippen LogP contribution is -2.17. The Morgan fingerprint density at radius 1 is 1.39 bits per heavy atom. The maximum Gasteiger partial charge on any atom is 0.226 e. The van der Waals surface area contributed by atoms with E-state index in [0.29, 0.717) is 5.92 Å². The molecule has 1 aromatic rings. The molecule has 2 N–H and O–H groups in total. The predicted octanol–water partition coefficient (Wildman–Crippen LogP) is 1.88. The largest absolute Gasteiger partial charge is 0.381 e. The van der Waals surface area contributed by atoms with E-state index in [1.807, 2.05) is 0 Å². The van der Waals surface area contributed by atoms with E-state index in [1.54, 1.807) is 0 Å². The van der Waals surface area contributed by atoms with Gasteiger partial charge in [0.15, 0.2) is 5.82 Å². The number of hydrogen-bond acceptors (Lipinski definition) is 5. The fourth-order valence-corrected chi connectivity index (χ4v) is 2.23. The number of hydrogen-bond donors (Lipinski definition) is 1. The summed E-state index contributed by atoms with van der Waals surface area (Å²) in [6.45, 7) is 6.70. The zero-order valence-electron chi connectivity index (χ0n) is 11.3. The smallest absolute Gasteiger partial charge is 0.226 e. The van der Waals surface area contributed by atoms with Crippen LogP contribution < -0.4 is 5.73 Å². The van der Waals surface area contributed by atoms with Gasteiger partial charge in [0.25, 0.3) is 0 Å². The third-order valence-corrected chi connectivity index (χ3v) is 3.62. The first-order chi connectivity index (χ1) is 8.61. The van der Waals surface area contributed by atoms with Gasteiger partial charge < -0.3 is 15.0 Å². The lowest BCUT2D eigenvalue weighted by Gasteiger charge is -2.22. The minimum atomic E-state index is 0.236. The van der Waals surface area contributed by atoms with Gasteiger partial charge in [0.2, 0.25) is 5.89 Å². The fraction of sp³-hybridized carbons (Fsp3) is 0.846. The summed E-state index contributed by atoms with van der Waals surface area (Å²) in [5.74, 6) is 1.86. The van der Waals surface area contributed by atoms with Crippen molar-refractivity contribution < 1.29 is 9.26 Å². The van der Waals surface area contributed by atoms with E-state index in [9.17, 15) is 0 Å². The van der Waals surface area contributed by atoms with Crippen LogP contribution in [0.3, 0.4) is 0 Å². The molecule has 0 aliphatic carbocycles. The summed E-state index contributed by atoms with van der Waals surface area (Å²) in [5, 5.41) is 4.05. The Kier molecular flexibility index (Phi) is 4.35. The number of aromatic nitrogens is 2. The van der Waals surface area contributed by atoms with Crippen LogP contribution in [0.5, 0.6) is 0 Å². The van der Waals surface area contributed by atoms with Gasteiger partial charge in [-0.05, 0) is 31.2 Å². The second-order valence-corrected chi connectivity index (χ2v) is 5.81. The van der Waals surface area contributed by atoms with Gasteiger partial charge in [-0.2, -0.15) is 4.98 Å². The van der Waals surface area contributed by atoms with Gasteiger partial charge in [-0.1, -0.05) is 19.0 Å². The Bertz CT molecular complexity index is 370. The van der Waals surface area contributed by atoms with Crippen LogP contribution in [-0.4, -0.2) is 29.9 Å². The molecule has 102 valence electrons. The van der Waals surface area contributed by atoms with E-state index in [-0.39, 0.29) is 5.41 Å².